The maximum absolute atomic E-state index is 11.7. The summed E-state index contributed by atoms with van der Waals surface area (Å²) in [5, 5.41) is 2.69. The average Bonchev–Trinajstić information content (AvgIpc) is 2.15. The van der Waals surface area contributed by atoms with Crippen molar-refractivity contribution < 1.29 is 27.4 Å². The highest BCUT2D eigenvalue weighted by molar-refractivity contribution is 5.75. The minimum absolute atomic E-state index is 0.108. The second kappa shape index (κ2) is 7.45. The molecular weight excluding hydrogens is 227 g/mol. The monoisotopic (exact) mass is 243 g/mol. The van der Waals surface area contributed by atoms with E-state index in [1.165, 1.54) is 0 Å². The molecule has 1 N–H and O–H groups in total. The third-order valence-corrected chi connectivity index (χ3v) is 1.60. The van der Waals surface area contributed by atoms with Gasteiger partial charge in [-0.1, -0.05) is 0 Å². The fraction of sp³-hybridized carbons (Fsp3) is 0.889. The molecule has 0 aromatic rings. The van der Waals surface area contributed by atoms with Crippen LogP contribution in [0, 0.1) is 0 Å². The van der Waals surface area contributed by atoms with E-state index in [1.807, 2.05) is 0 Å². The van der Waals surface area contributed by atoms with Crippen molar-refractivity contribution in [3.8, 4) is 0 Å². The lowest BCUT2D eigenvalue weighted by atomic mass is 10.3. The van der Waals surface area contributed by atoms with Crippen LogP contribution in [0.1, 0.15) is 13.8 Å². The zero-order valence-corrected chi connectivity index (χ0v) is 9.26. The second-order valence-corrected chi connectivity index (χ2v) is 3.10. The molecule has 0 aliphatic heterocycles. The molecule has 0 aromatic carbocycles. The smallest absolute Gasteiger partial charge is 0.411 e. The molecule has 0 rings (SSSR count). The first-order valence-electron chi connectivity index (χ1n) is 4.91. The van der Waals surface area contributed by atoms with Crippen LogP contribution in [0.5, 0.6) is 0 Å². The van der Waals surface area contributed by atoms with E-state index < -0.39 is 24.8 Å². The number of carbonyl (C=O) groups excluding carboxylic acids is 1. The van der Waals surface area contributed by atoms with Crippen LogP contribution in [-0.4, -0.2) is 44.6 Å². The Bertz CT molecular complexity index is 209. The number of ether oxygens (including phenoxy) is 2. The Balaban J connectivity index is 3.48. The molecule has 0 bridgehead atoms. The molecule has 0 fully saturated rings. The van der Waals surface area contributed by atoms with E-state index in [0.29, 0.717) is 0 Å². The first-order chi connectivity index (χ1) is 7.37. The summed E-state index contributed by atoms with van der Waals surface area (Å²) in [4.78, 5) is 11.1. The van der Waals surface area contributed by atoms with Crippen molar-refractivity contribution in [3.05, 3.63) is 0 Å². The summed E-state index contributed by atoms with van der Waals surface area (Å²) in [5.41, 5.74) is 0. The van der Waals surface area contributed by atoms with Gasteiger partial charge in [0, 0.05) is 6.54 Å². The quantitative estimate of drug-likeness (QED) is 0.537. The molecular formula is C9H16F3NO3. The van der Waals surface area contributed by atoms with Gasteiger partial charge in [0.25, 0.3) is 0 Å². The summed E-state index contributed by atoms with van der Waals surface area (Å²) in [5.74, 6) is -0.432. The summed E-state index contributed by atoms with van der Waals surface area (Å²) in [6, 6.07) is -0.547. The predicted molar refractivity (Wildman–Crippen MR) is 51.0 cm³/mol. The number of halogens is 3. The van der Waals surface area contributed by atoms with Crippen molar-refractivity contribution in [2.45, 2.75) is 26.1 Å². The highest BCUT2D eigenvalue weighted by Gasteiger charge is 2.27. The van der Waals surface area contributed by atoms with E-state index in [1.54, 1.807) is 13.8 Å². The van der Waals surface area contributed by atoms with Gasteiger partial charge in [-0.3, -0.25) is 4.79 Å². The van der Waals surface area contributed by atoms with Gasteiger partial charge < -0.3 is 14.8 Å². The van der Waals surface area contributed by atoms with Crippen molar-refractivity contribution in [2.24, 2.45) is 0 Å². The van der Waals surface area contributed by atoms with E-state index in [4.69, 9.17) is 4.74 Å². The molecule has 7 heteroatoms. The zero-order chi connectivity index (χ0) is 12.6. The molecule has 0 heterocycles. The summed E-state index contributed by atoms with van der Waals surface area (Å²) in [6.45, 7) is 2.30. The number of carbonyl (C=O) groups is 1. The molecule has 4 nitrogen and oxygen atoms in total. The molecule has 0 spiro atoms. The largest absolute Gasteiger partial charge is 0.465 e. The maximum Gasteiger partial charge on any atom is 0.411 e. The van der Waals surface area contributed by atoms with Gasteiger partial charge in [-0.15, -0.1) is 0 Å². The number of nitrogens with one attached hydrogen (secondary N) is 1. The predicted octanol–water partition coefficient (Wildman–Crippen LogP) is 1.11. The van der Waals surface area contributed by atoms with Gasteiger partial charge in [-0.05, 0) is 13.8 Å². The van der Waals surface area contributed by atoms with Crippen LogP contribution in [0.3, 0.4) is 0 Å². The number of hydrogen-bond donors (Lipinski definition) is 1. The molecule has 0 aliphatic carbocycles. The SMILES string of the molecule is CCOC(=O)C(C)NCCOCC(F)(F)F. The Labute approximate surface area is 92.1 Å². The van der Waals surface area contributed by atoms with E-state index in [2.05, 4.69) is 10.1 Å². The van der Waals surface area contributed by atoms with Gasteiger partial charge in [0.05, 0.1) is 13.2 Å². The number of hydrogen-bond acceptors (Lipinski definition) is 4. The molecule has 96 valence electrons. The van der Waals surface area contributed by atoms with Gasteiger partial charge in [0.15, 0.2) is 0 Å². The molecule has 1 unspecified atom stereocenters. The van der Waals surface area contributed by atoms with Crippen LogP contribution < -0.4 is 5.32 Å². The lowest BCUT2D eigenvalue weighted by Crippen LogP contribution is -2.37. The van der Waals surface area contributed by atoms with E-state index in [9.17, 15) is 18.0 Å². The Morgan fingerprint density at radius 3 is 2.56 bits per heavy atom. The Kier molecular flexibility index (Phi) is 7.07. The fourth-order valence-electron chi connectivity index (χ4n) is 0.886. The van der Waals surface area contributed by atoms with E-state index >= 15 is 0 Å². The normalized spacial score (nSPS) is 13.6. The van der Waals surface area contributed by atoms with Gasteiger partial charge in [-0.25, -0.2) is 0 Å². The first kappa shape index (κ1) is 15.2. The van der Waals surface area contributed by atoms with Crippen LogP contribution in [0.2, 0.25) is 0 Å². The van der Waals surface area contributed by atoms with Gasteiger partial charge >= 0.3 is 12.1 Å². The van der Waals surface area contributed by atoms with Crippen LogP contribution >= 0.6 is 0 Å². The third kappa shape index (κ3) is 8.49. The summed E-state index contributed by atoms with van der Waals surface area (Å²) in [6.07, 6.45) is -4.31. The lowest BCUT2D eigenvalue weighted by molar-refractivity contribution is -0.173. The summed E-state index contributed by atoms with van der Waals surface area (Å²) < 4.78 is 44.0. The molecule has 0 aliphatic rings. The van der Waals surface area contributed by atoms with Crippen molar-refractivity contribution in [1.82, 2.24) is 5.32 Å². The molecule has 0 saturated heterocycles. The minimum Gasteiger partial charge on any atom is -0.465 e. The number of rotatable bonds is 7. The van der Waals surface area contributed by atoms with Crippen LogP contribution in [0.4, 0.5) is 13.2 Å². The lowest BCUT2D eigenvalue weighted by Gasteiger charge is -2.13. The number of alkyl halides is 3. The average molecular weight is 243 g/mol. The summed E-state index contributed by atoms with van der Waals surface area (Å²) >= 11 is 0. The summed E-state index contributed by atoms with van der Waals surface area (Å²) in [7, 11) is 0. The zero-order valence-electron chi connectivity index (χ0n) is 9.26. The Morgan fingerprint density at radius 2 is 2.06 bits per heavy atom. The fourth-order valence-corrected chi connectivity index (χ4v) is 0.886. The van der Waals surface area contributed by atoms with Crippen molar-refractivity contribution in [1.29, 1.82) is 0 Å². The Morgan fingerprint density at radius 1 is 1.44 bits per heavy atom. The van der Waals surface area contributed by atoms with Crippen molar-refractivity contribution in [3.63, 3.8) is 0 Å². The maximum atomic E-state index is 11.7. The standard InChI is InChI=1S/C9H16F3NO3/c1-3-16-8(14)7(2)13-4-5-15-6-9(10,11)12/h7,13H,3-6H2,1-2H3. The van der Waals surface area contributed by atoms with Crippen molar-refractivity contribution >= 4 is 5.97 Å². The minimum atomic E-state index is -4.31. The van der Waals surface area contributed by atoms with Crippen LogP contribution in [0.25, 0.3) is 0 Å². The second-order valence-electron chi connectivity index (χ2n) is 3.10. The third-order valence-electron chi connectivity index (χ3n) is 1.60. The van der Waals surface area contributed by atoms with E-state index in [-0.39, 0.29) is 19.8 Å². The van der Waals surface area contributed by atoms with E-state index in [0.717, 1.165) is 0 Å². The van der Waals surface area contributed by atoms with Gasteiger partial charge in [0.2, 0.25) is 0 Å². The first-order valence-corrected chi connectivity index (χ1v) is 4.91. The van der Waals surface area contributed by atoms with Crippen LogP contribution in [0.15, 0.2) is 0 Å². The molecule has 0 amide bonds. The molecule has 16 heavy (non-hydrogen) atoms. The Hall–Kier alpha value is -0.820. The molecule has 0 saturated carbocycles. The van der Waals surface area contributed by atoms with Crippen molar-refractivity contribution in [2.75, 3.05) is 26.4 Å². The van der Waals surface area contributed by atoms with Crippen LogP contribution in [-0.2, 0) is 14.3 Å². The van der Waals surface area contributed by atoms with Gasteiger partial charge in [0.1, 0.15) is 12.6 Å². The topological polar surface area (TPSA) is 47.6 Å². The molecule has 1 atom stereocenters. The number of esters is 1. The molecule has 0 aromatic heterocycles. The highest BCUT2D eigenvalue weighted by Crippen LogP contribution is 2.13. The van der Waals surface area contributed by atoms with Gasteiger partial charge in [-0.2, -0.15) is 13.2 Å². The molecule has 0 radical (unpaired) electrons. The highest BCUT2D eigenvalue weighted by atomic mass is 19.4.